The van der Waals surface area contributed by atoms with Gasteiger partial charge in [0.15, 0.2) is 5.82 Å². The summed E-state index contributed by atoms with van der Waals surface area (Å²) < 4.78 is 1.76. The van der Waals surface area contributed by atoms with Crippen molar-refractivity contribution in [2.45, 2.75) is 13.0 Å². The zero-order chi connectivity index (χ0) is 16.6. The standard InChI is InChI=1S/C16H17N7O/c24-15(4-10-20-16-18-6-1-7-19-16)21-14-5-11-23(22-14)12-13-2-8-17-9-3-13/h1-3,5-9,11H,4,10,12H2,(H,18,19,20)(H,21,22,24). The molecule has 0 spiro atoms. The molecule has 8 heteroatoms. The number of rotatable bonds is 7. The molecule has 0 aliphatic heterocycles. The quantitative estimate of drug-likeness (QED) is 0.685. The Hall–Kier alpha value is -3.29. The fourth-order valence-electron chi connectivity index (χ4n) is 2.08. The highest BCUT2D eigenvalue weighted by Gasteiger charge is 2.06. The van der Waals surface area contributed by atoms with Crippen LogP contribution in [0.2, 0.25) is 0 Å². The first kappa shape index (κ1) is 15.6. The van der Waals surface area contributed by atoms with E-state index in [2.05, 4.69) is 30.7 Å². The highest BCUT2D eigenvalue weighted by atomic mass is 16.1. The monoisotopic (exact) mass is 323 g/mol. The van der Waals surface area contributed by atoms with Gasteiger partial charge in [0.1, 0.15) is 0 Å². The third kappa shape index (κ3) is 4.60. The Labute approximate surface area is 139 Å². The number of carbonyl (C=O) groups is 1. The lowest BCUT2D eigenvalue weighted by atomic mass is 10.3. The summed E-state index contributed by atoms with van der Waals surface area (Å²) in [6, 6.07) is 7.36. The van der Waals surface area contributed by atoms with E-state index in [4.69, 9.17) is 0 Å². The van der Waals surface area contributed by atoms with Crippen LogP contribution < -0.4 is 10.6 Å². The lowest BCUT2D eigenvalue weighted by Crippen LogP contribution is -2.17. The maximum Gasteiger partial charge on any atom is 0.227 e. The molecule has 0 saturated carbocycles. The molecule has 0 aliphatic carbocycles. The Morgan fingerprint density at radius 1 is 1.08 bits per heavy atom. The molecule has 0 fully saturated rings. The summed E-state index contributed by atoms with van der Waals surface area (Å²) in [5, 5.41) is 10.1. The second-order valence-electron chi connectivity index (χ2n) is 5.05. The molecule has 1 amide bonds. The van der Waals surface area contributed by atoms with E-state index >= 15 is 0 Å². The molecule has 2 N–H and O–H groups in total. The van der Waals surface area contributed by atoms with Gasteiger partial charge in [0.25, 0.3) is 0 Å². The van der Waals surface area contributed by atoms with Crippen LogP contribution in [0.15, 0.2) is 55.2 Å². The number of pyridine rings is 1. The van der Waals surface area contributed by atoms with Crippen LogP contribution in [0.1, 0.15) is 12.0 Å². The molecule has 122 valence electrons. The van der Waals surface area contributed by atoms with Crippen LogP contribution in [0.3, 0.4) is 0 Å². The van der Waals surface area contributed by atoms with Crippen molar-refractivity contribution in [1.29, 1.82) is 0 Å². The summed E-state index contributed by atoms with van der Waals surface area (Å²) in [5.74, 6) is 0.921. The van der Waals surface area contributed by atoms with Crippen LogP contribution in [0, 0.1) is 0 Å². The van der Waals surface area contributed by atoms with Crippen molar-refractivity contribution in [2.24, 2.45) is 0 Å². The van der Waals surface area contributed by atoms with Crippen molar-refractivity contribution in [3.05, 3.63) is 60.8 Å². The van der Waals surface area contributed by atoms with Gasteiger partial charge in [0, 0.05) is 50.0 Å². The van der Waals surface area contributed by atoms with Gasteiger partial charge in [-0.15, -0.1) is 0 Å². The summed E-state index contributed by atoms with van der Waals surface area (Å²) in [6.45, 7) is 1.08. The topological polar surface area (TPSA) is 97.6 Å². The van der Waals surface area contributed by atoms with E-state index in [0.717, 1.165) is 5.56 Å². The first-order valence-corrected chi connectivity index (χ1v) is 7.53. The van der Waals surface area contributed by atoms with Gasteiger partial charge in [-0.05, 0) is 23.8 Å². The Morgan fingerprint density at radius 3 is 2.67 bits per heavy atom. The van der Waals surface area contributed by atoms with Crippen LogP contribution in [-0.4, -0.2) is 37.2 Å². The van der Waals surface area contributed by atoms with E-state index in [1.807, 2.05) is 18.3 Å². The van der Waals surface area contributed by atoms with Gasteiger partial charge < -0.3 is 10.6 Å². The molecule has 3 aromatic heterocycles. The second-order valence-corrected chi connectivity index (χ2v) is 5.05. The first-order chi connectivity index (χ1) is 11.8. The van der Waals surface area contributed by atoms with Crippen LogP contribution in [-0.2, 0) is 11.3 Å². The molecule has 0 aromatic carbocycles. The minimum absolute atomic E-state index is 0.118. The molecule has 0 aliphatic rings. The molecular formula is C16H17N7O. The van der Waals surface area contributed by atoms with Crippen LogP contribution in [0.4, 0.5) is 11.8 Å². The number of hydrogen-bond acceptors (Lipinski definition) is 6. The number of nitrogens with one attached hydrogen (secondary N) is 2. The van der Waals surface area contributed by atoms with E-state index < -0.39 is 0 Å². The number of hydrogen-bond donors (Lipinski definition) is 2. The van der Waals surface area contributed by atoms with E-state index in [0.29, 0.717) is 31.3 Å². The van der Waals surface area contributed by atoms with Gasteiger partial charge in [-0.2, -0.15) is 5.10 Å². The van der Waals surface area contributed by atoms with Gasteiger partial charge in [-0.25, -0.2) is 9.97 Å². The minimum Gasteiger partial charge on any atom is -0.354 e. The maximum atomic E-state index is 11.9. The molecule has 24 heavy (non-hydrogen) atoms. The molecule has 0 atom stereocenters. The summed E-state index contributed by atoms with van der Waals surface area (Å²) in [4.78, 5) is 24.0. The van der Waals surface area contributed by atoms with E-state index in [1.165, 1.54) is 0 Å². The molecule has 3 aromatic rings. The zero-order valence-corrected chi connectivity index (χ0v) is 13.0. The van der Waals surface area contributed by atoms with Crippen LogP contribution in [0.25, 0.3) is 0 Å². The van der Waals surface area contributed by atoms with Gasteiger partial charge in [-0.1, -0.05) is 0 Å². The van der Waals surface area contributed by atoms with Crippen LogP contribution >= 0.6 is 0 Å². The van der Waals surface area contributed by atoms with Gasteiger partial charge in [0.05, 0.1) is 6.54 Å². The van der Waals surface area contributed by atoms with Crippen molar-refractivity contribution < 1.29 is 4.79 Å². The van der Waals surface area contributed by atoms with Crippen molar-refractivity contribution in [2.75, 3.05) is 17.2 Å². The van der Waals surface area contributed by atoms with Crippen molar-refractivity contribution >= 4 is 17.7 Å². The van der Waals surface area contributed by atoms with Crippen molar-refractivity contribution in [3.8, 4) is 0 Å². The van der Waals surface area contributed by atoms with Crippen molar-refractivity contribution in [3.63, 3.8) is 0 Å². The average molecular weight is 323 g/mol. The number of nitrogens with zero attached hydrogens (tertiary/aromatic N) is 5. The minimum atomic E-state index is -0.118. The third-order valence-electron chi connectivity index (χ3n) is 3.20. The van der Waals surface area contributed by atoms with E-state index in [1.54, 1.807) is 41.6 Å². The summed E-state index contributed by atoms with van der Waals surface area (Å²) in [6.07, 6.45) is 8.90. The maximum absolute atomic E-state index is 11.9. The van der Waals surface area contributed by atoms with Gasteiger partial charge >= 0.3 is 0 Å². The predicted octanol–water partition coefficient (Wildman–Crippen LogP) is 1.56. The number of amides is 1. The van der Waals surface area contributed by atoms with Crippen LogP contribution in [0.5, 0.6) is 0 Å². The fourth-order valence-corrected chi connectivity index (χ4v) is 2.08. The smallest absolute Gasteiger partial charge is 0.227 e. The second kappa shape index (κ2) is 7.82. The zero-order valence-electron chi connectivity index (χ0n) is 13.0. The highest BCUT2D eigenvalue weighted by molar-refractivity contribution is 5.89. The largest absolute Gasteiger partial charge is 0.354 e. The summed E-state index contributed by atoms with van der Waals surface area (Å²) >= 11 is 0. The molecular weight excluding hydrogens is 306 g/mol. The molecule has 0 radical (unpaired) electrons. The molecule has 0 bridgehead atoms. The Kier molecular flexibility index (Phi) is 5.08. The summed E-state index contributed by atoms with van der Waals surface area (Å²) in [7, 11) is 0. The van der Waals surface area contributed by atoms with E-state index in [-0.39, 0.29) is 5.91 Å². The number of anilines is 2. The molecule has 3 rings (SSSR count). The summed E-state index contributed by atoms with van der Waals surface area (Å²) in [5.41, 5.74) is 1.10. The first-order valence-electron chi connectivity index (χ1n) is 7.53. The molecule has 0 saturated heterocycles. The Balaban J connectivity index is 1.45. The third-order valence-corrected chi connectivity index (χ3v) is 3.20. The molecule has 3 heterocycles. The van der Waals surface area contributed by atoms with Gasteiger partial charge in [0.2, 0.25) is 11.9 Å². The molecule has 0 unspecified atom stereocenters. The highest BCUT2D eigenvalue weighted by Crippen LogP contribution is 2.06. The number of aromatic nitrogens is 5. The lowest BCUT2D eigenvalue weighted by Gasteiger charge is -2.04. The van der Waals surface area contributed by atoms with Crippen molar-refractivity contribution in [1.82, 2.24) is 24.7 Å². The predicted molar refractivity (Wildman–Crippen MR) is 89.3 cm³/mol. The number of carbonyl (C=O) groups excluding carboxylic acids is 1. The lowest BCUT2D eigenvalue weighted by molar-refractivity contribution is -0.116. The van der Waals surface area contributed by atoms with E-state index in [9.17, 15) is 4.79 Å². The van der Waals surface area contributed by atoms with Gasteiger partial charge in [-0.3, -0.25) is 14.5 Å². The normalized spacial score (nSPS) is 10.3. The average Bonchev–Trinajstić information content (AvgIpc) is 3.03. The Morgan fingerprint density at radius 2 is 1.88 bits per heavy atom. The Bertz CT molecular complexity index is 773. The molecule has 8 nitrogen and oxygen atoms in total. The fraction of sp³-hybridized carbons (Fsp3) is 0.188. The SMILES string of the molecule is O=C(CCNc1ncccn1)Nc1ccn(Cc2ccncc2)n1.